The van der Waals surface area contributed by atoms with Gasteiger partial charge in [0.05, 0.1) is 12.2 Å². The second-order valence-electron chi connectivity index (χ2n) is 6.98. The Morgan fingerprint density at radius 2 is 1.96 bits per heavy atom. The second kappa shape index (κ2) is 6.59. The Morgan fingerprint density at radius 1 is 1.17 bits per heavy atom. The summed E-state index contributed by atoms with van der Waals surface area (Å²) in [5, 5.41) is 3.28. The van der Waals surface area contributed by atoms with E-state index in [-0.39, 0.29) is 12.0 Å². The molecule has 1 aliphatic heterocycles. The molecule has 0 saturated heterocycles. The molecule has 0 aliphatic carbocycles. The highest BCUT2D eigenvalue weighted by molar-refractivity contribution is 5.54. The van der Waals surface area contributed by atoms with Crippen molar-refractivity contribution in [1.29, 1.82) is 0 Å². The molecule has 24 heavy (non-hydrogen) atoms. The molecule has 7 heteroatoms. The van der Waals surface area contributed by atoms with Crippen LogP contribution >= 0.6 is 0 Å². The molecule has 1 aliphatic rings. The van der Waals surface area contributed by atoms with Crippen molar-refractivity contribution in [1.82, 2.24) is 19.9 Å². The Morgan fingerprint density at radius 3 is 2.67 bits per heavy atom. The fourth-order valence-electron chi connectivity index (χ4n) is 2.80. The van der Waals surface area contributed by atoms with E-state index in [4.69, 9.17) is 10.7 Å². The molecule has 0 atom stereocenters. The van der Waals surface area contributed by atoms with Gasteiger partial charge in [0.2, 0.25) is 5.95 Å². The zero-order valence-electron chi connectivity index (χ0n) is 14.7. The molecule has 7 nitrogen and oxygen atoms in total. The number of aromatic nitrogens is 4. The van der Waals surface area contributed by atoms with Crippen LogP contribution in [-0.4, -0.2) is 26.0 Å². The number of nitrogens with zero attached hydrogens (tertiary/aromatic N) is 5. The quantitative estimate of drug-likeness (QED) is 0.871. The molecular formula is C17H25N7. The van der Waals surface area contributed by atoms with Crippen LogP contribution in [0.3, 0.4) is 0 Å². The van der Waals surface area contributed by atoms with Crippen molar-refractivity contribution < 1.29 is 0 Å². The molecule has 3 rings (SSSR count). The molecule has 3 heterocycles. The molecule has 128 valence electrons. The van der Waals surface area contributed by atoms with E-state index in [0.717, 1.165) is 48.2 Å². The lowest BCUT2D eigenvalue weighted by Crippen LogP contribution is -2.19. The van der Waals surface area contributed by atoms with Crippen LogP contribution in [0, 0.1) is 5.92 Å². The molecule has 0 amide bonds. The van der Waals surface area contributed by atoms with Gasteiger partial charge in [0.15, 0.2) is 0 Å². The summed E-state index contributed by atoms with van der Waals surface area (Å²) in [6.07, 6.45) is 2.84. The predicted molar refractivity (Wildman–Crippen MR) is 95.7 cm³/mol. The highest BCUT2D eigenvalue weighted by Gasteiger charge is 2.23. The first-order valence-electron chi connectivity index (χ1n) is 8.40. The molecule has 3 N–H and O–H groups in total. The normalized spacial score (nSPS) is 13.7. The number of anilines is 3. The van der Waals surface area contributed by atoms with Crippen LogP contribution in [0.2, 0.25) is 0 Å². The molecule has 0 fully saturated rings. The highest BCUT2D eigenvalue weighted by atomic mass is 15.2. The predicted octanol–water partition coefficient (Wildman–Crippen LogP) is 2.39. The Bertz CT molecular complexity index is 727. The fourth-order valence-corrected chi connectivity index (χ4v) is 2.80. The molecule has 0 radical (unpaired) electrons. The van der Waals surface area contributed by atoms with Crippen molar-refractivity contribution in [2.45, 2.75) is 53.2 Å². The summed E-state index contributed by atoms with van der Waals surface area (Å²) < 4.78 is 0. The van der Waals surface area contributed by atoms with Gasteiger partial charge < -0.3 is 16.0 Å². The van der Waals surface area contributed by atoms with Gasteiger partial charge in [0.25, 0.3) is 0 Å². The maximum absolute atomic E-state index is 5.87. The Hall–Kier alpha value is -2.44. The minimum absolute atomic E-state index is 0.276. The van der Waals surface area contributed by atoms with Crippen molar-refractivity contribution in [3.8, 4) is 0 Å². The standard InChI is InChI=1S/C17H25N7/c1-10(2)5-14-19-7-12-8-24(9-13(12)21-14)16-6-15(20-11(3)4)22-17(18)23-16/h6-7,10-11H,5,8-9H2,1-4H3,(H3,18,20,22,23). The average Bonchev–Trinajstić information content (AvgIpc) is 2.88. The van der Waals surface area contributed by atoms with Gasteiger partial charge in [-0.25, -0.2) is 9.97 Å². The van der Waals surface area contributed by atoms with Crippen molar-refractivity contribution in [2.75, 3.05) is 16.0 Å². The van der Waals surface area contributed by atoms with E-state index in [2.05, 4.69) is 52.9 Å². The van der Waals surface area contributed by atoms with E-state index < -0.39 is 0 Å². The van der Waals surface area contributed by atoms with Gasteiger partial charge in [-0.05, 0) is 19.8 Å². The van der Waals surface area contributed by atoms with Crippen LogP contribution in [0.15, 0.2) is 12.3 Å². The fraction of sp³-hybridized carbons (Fsp3) is 0.529. The summed E-state index contributed by atoms with van der Waals surface area (Å²) in [5.74, 6) is 3.30. The molecule has 0 unspecified atom stereocenters. The summed E-state index contributed by atoms with van der Waals surface area (Å²) in [6, 6.07) is 2.22. The molecule has 0 aromatic carbocycles. The van der Waals surface area contributed by atoms with E-state index in [1.54, 1.807) is 0 Å². The summed E-state index contributed by atoms with van der Waals surface area (Å²) >= 11 is 0. The van der Waals surface area contributed by atoms with Gasteiger partial charge in [0, 0.05) is 36.8 Å². The monoisotopic (exact) mass is 327 g/mol. The Kier molecular flexibility index (Phi) is 4.51. The lowest BCUT2D eigenvalue weighted by molar-refractivity contribution is 0.617. The van der Waals surface area contributed by atoms with Crippen molar-refractivity contribution in [3.63, 3.8) is 0 Å². The van der Waals surface area contributed by atoms with Crippen molar-refractivity contribution in [3.05, 3.63) is 29.3 Å². The number of nitrogens with one attached hydrogen (secondary N) is 1. The zero-order valence-corrected chi connectivity index (χ0v) is 14.7. The Labute approximate surface area is 142 Å². The topological polar surface area (TPSA) is 92.9 Å². The van der Waals surface area contributed by atoms with Crippen molar-refractivity contribution in [2.24, 2.45) is 5.92 Å². The van der Waals surface area contributed by atoms with Crippen LogP contribution in [0.1, 0.15) is 44.8 Å². The highest BCUT2D eigenvalue weighted by Crippen LogP contribution is 2.27. The second-order valence-corrected chi connectivity index (χ2v) is 6.98. The van der Waals surface area contributed by atoms with Crippen LogP contribution in [0.5, 0.6) is 0 Å². The van der Waals surface area contributed by atoms with Crippen molar-refractivity contribution >= 4 is 17.6 Å². The Balaban J connectivity index is 1.81. The molecule has 2 aromatic heterocycles. The van der Waals surface area contributed by atoms with Crippen LogP contribution in [-0.2, 0) is 19.5 Å². The first-order valence-corrected chi connectivity index (χ1v) is 8.40. The average molecular weight is 327 g/mol. The summed E-state index contributed by atoms with van der Waals surface area (Å²) in [4.78, 5) is 20.0. The van der Waals surface area contributed by atoms with Gasteiger partial charge >= 0.3 is 0 Å². The summed E-state index contributed by atoms with van der Waals surface area (Å²) in [7, 11) is 0. The van der Waals surface area contributed by atoms with Gasteiger partial charge in [-0.1, -0.05) is 13.8 Å². The SMILES string of the molecule is CC(C)Cc1ncc2c(n1)CN(c1cc(NC(C)C)nc(N)n1)C2. The lowest BCUT2D eigenvalue weighted by Gasteiger charge is -2.18. The molecule has 0 bridgehead atoms. The van der Waals surface area contributed by atoms with E-state index in [1.165, 1.54) is 0 Å². The van der Waals surface area contributed by atoms with Crippen LogP contribution in [0.25, 0.3) is 0 Å². The number of rotatable bonds is 5. The van der Waals surface area contributed by atoms with Gasteiger partial charge in [-0.3, -0.25) is 0 Å². The number of hydrogen-bond acceptors (Lipinski definition) is 7. The minimum atomic E-state index is 0.276. The largest absolute Gasteiger partial charge is 0.368 e. The molecule has 0 spiro atoms. The number of nitrogens with two attached hydrogens (primary N) is 1. The smallest absolute Gasteiger partial charge is 0.223 e. The minimum Gasteiger partial charge on any atom is -0.368 e. The molecule has 2 aromatic rings. The third-order valence-electron chi connectivity index (χ3n) is 3.79. The summed E-state index contributed by atoms with van der Waals surface area (Å²) in [5.41, 5.74) is 8.10. The first-order chi connectivity index (χ1) is 11.4. The third kappa shape index (κ3) is 3.72. The third-order valence-corrected chi connectivity index (χ3v) is 3.79. The van der Waals surface area contributed by atoms with Gasteiger partial charge in [0.1, 0.15) is 17.5 Å². The van der Waals surface area contributed by atoms with Gasteiger partial charge in [-0.2, -0.15) is 9.97 Å². The molecular weight excluding hydrogens is 302 g/mol. The lowest BCUT2D eigenvalue weighted by atomic mass is 10.1. The number of hydrogen-bond donors (Lipinski definition) is 2. The number of nitrogen functional groups attached to an aromatic ring is 1. The van der Waals surface area contributed by atoms with E-state index in [9.17, 15) is 0 Å². The summed E-state index contributed by atoms with van der Waals surface area (Å²) in [6.45, 7) is 9.95. The zero-order chi connectivity index (χ0) is 17.3. The first kappa shape index (κ1) is 16.4. The maximum atomic E-state index is 5.87. The van der Waals surface area contributed by atoms with E-state index in [0.29, 0.717) is 5.92 Å². The van der Waals surface area contributed by atoms with E-state index in [1.807, 2.05) is 12.3 Å². The van der Waals surface area contributed by atoms with Crippen LogP contribution in [0.4, 0.5) is 17.6 Å². The maximum Gasteiger partial charge on any atom is 0.223 e. The van der Waals surface area contributed by atoms with Crippen LogP contribution < -0.4 is 16.0 Å². The molecule has 0 saturated carbocycles. The van der Waals surface area contributed by atoms with Gasteiger partial charge in [-0.15, -0.1) is 0 Å². The number of fused-ring (bicyclic) bond motifs is 1. The van der Waals surface area contributed by atoms with E-state index >= 15 is 0 Å².